The second-order valence-corrected chi connectivity index (χ2v) is 6.32. The maximum Gasteiger partial charge on any atom is 0.311 e. The van der Waals surface area contributed by atoms with Gasteiger partial charge in [-0.05, 0) is 36.9 Å². The first-order valence-corrected chi connectivity index (χ1v) is 7.36. The third kappa shape index (κ3) is 1.93. The second-order valence-electron chi connectivity index (χ2n) is 5.26. The summed E-state index contributed by atoms with van der Waals surface area (Å²) in [5, 5.41) is 12.7. The molecule has 2 N–H and O–H groups in total. The van der Waals surface area contributed by atoms with E-state index in [1.165, 1.54) is 10.5 Å². The minimum absolute atomic E-state index is 0.391. The van der Waals surface area contributed by atoms with Crippen LogP contribution < -0.4 is 5.32 Å². The molecular weight excluding hydrogens is 246 g/mol. The first kappa shape index (κ1) is 12.1. The van der Waals surface area contributed by atoms with E-state index in [0.717, 1.165) is 25.1 Å². The summed E-state index contributed by atoms with van der Waals surface area (Å²) in [5.74, 6) is 0.776. The standard InChI is InChI=1S/C14H17NO2S/c16-13(17)14(5-6-15-9-14)7-10-8-18-12-4-2-1-3-11(10)12/h1-4,10,15H,5-9H2,(H,16,17). The van der Waals surface area contributed by atoms with Gasteiger partial charge in [0.25, 0.3) is 0 Å². The number of thioether (sulfide) groups is 1. The molecule has 1 saturated heterocycles. The van der Waals surface area contributed by atoms with Gasteiger partial charge in [0.2, 0.25) is 0 Å². The Morgan fingerprint density at radius 2 is 2.33 bits per heavy atom. The van der Waals surface area contributed by atoms with Crippen molar-refractivity contribution in [1.29, 1.82) is 0 Å². The van der Waals surface area contributed by atoms with Crippen molar-refractivity contribution in [3.8, 4) is 0 Å². The van der Waals surface area contributed by atoms with Crippen LogP contribution in [0.25, 0.3) is 0 Å². The molecule has 1 fully saturated rings. The lowest BCUT2D eigenvalue weighted by molar-refractivity contribution is -0.148. The molecule has 1 aromatic carbocycles. The fourth-order valence-corrected chi connectivity index (χ4v) is 4.31. The van der Waals surface area contributed by atoms with Crippen LogP contribution in [-0.4, -0.2) is 29.9 Å². The third-order valence-corrected chi connectivity index (χ3v) is 5.39. The highest BCUT2D eigenvalue weighted by atomic mass is 32.2. The molecule has 3 rings (SSSR count). The number of carboxylic acids is 1. The van der Waals surface area contributed by atoms with Crippen LogP contribution >= 0.6 is 11.8 Å². The van der Waals surface area contributed by atoms with Gasteiger partial charge in [-0.2, -0.15) is 0 Å². The highest BCUT2D eigenvalue weighted by Crippen LogP contribution is 2.46. The number of hydrogen-bond acceptors (Lipinski definition) is 3. The normalized spacial score (nSPS) is 30.3. The van der Waals surface area contributed by atoms with E-state index in [4.69, 9.17) is 0 Å². The maximum atomic E-state index is 11.6. The average molecular weight is 263 g/mol. The smallest absolute Gasteiger partial charge is 0.311 e. The maximum absolute atomic E-state index is 11.6. The molecule has 96 valence electrons. The number of aliphatic carboxylic acids is 1. The topological polar surface area (TPSA) is 49.3 Å². The van der Waals surface area contributed by atoms with Crippen LogP contribution in [0.15, 0.2) is 29.2 Å². The molecular formula is C14H17NO2S. The van der Waals surface area contributed by atoms with E-state index in [2.05, 4.69) is 29.6 Å². The highest BCUT2D eigenvalue weighted by Gasteiger charge is 2.44. The third-order valence-electron chi connectivity index (χ3n) is 4.13. The Labute approximate surface area is 111 Å². The molecule has 2 heterocycles. The molecule has 18 heavy (non-hydrogen) atoms. The van der Waals surface area contributed by atoms with Crippen LogP contribution in [0.3, 0.4) is 0 Å². The first-order valence-electron chi connectivity index (χ1n) is 6.37. The largest absolute Gasteiger partial charge is 0.481 e. The zero-order chi connectivity index (χ0) is 12.6. The summed E-state index contributed by atoms with van der Waals surface area (Å²) in [5.41, 5.74) is 0.790. The van der Waals surface area contributed by atoms with Gasteiger partial charge in [-0.3, -0.25) is 4.79 Å². The lowest BCUT2D eigenvalue weighted by Crippen LogP contribution is -2.35. The van der Waals surface area contributed by atoms with Crippen molar-refractivity contribution in [1.82, 2.24) is 5.32 Å². The fourth-order valence-electron chi connectivity index (χ4n) is 3.06. The van der Waals surface area contributed by atoms with Crippen LogP contribution in [0, 0.1) is 5.41 Å². The van der Waals surface area contributed by atoms with Crippen LogP contribution in [0.2, 0.25) is 0 Å². The number of rotatable bonds is 3. The number of fused-ring (bicyclic) bond motifs is 1. The molecule has 0 aromatic heterocycles. The summed E-state index contributed by atoms with van der Waals surface area (Å²) in [4.78, 5) is 12.9. The molecule has 0 spiro atoms. The number of hydrogen-bond donors (Lipinski definition) is 2. The Hall–Kier alpha value is -1.00. The Kier molecular flexibility index (Phi) is 3.08. The van der Waals surface area contributed by atoms with Crippen molar-refractivity contribution in [3.63, 3.8) is 0 Å². The SMILES string of the molecule is O=C(O)C1(CC2CSc3ccccc32)CCNC1. The van der Waals surface area contributed by atoms with Gasteiger partial charge in [0.05, 0.1) is 5.41 Å². The fraction of sp³-hybridized carbons (Fsp3) is 0.500. The number of nitrogens with one attached hydrogen (secondary N) is 1. The molecule has 2 unspecified atom stereocenters. The molecule has 0 amide bonds. The van der Waals surface area contributed by atoms with Crippen molar-refractivity contribution in [2.24, 2.45) is 5.41 Å². The number of benzene rings is 1. The molecule has 0 bridgehead atoms. The van der Waals surface area contributed by atoms with E-state index in [-0.39, 0.29) is 0 Å². The van der Waals surface area contributed by atoms with Gasteiger partial charge in [-0.25, -0.2) is 0 Å². The van der Waals surface area contributed by atoms with E-state index in [0.29, 0.717) is 12.5 Å². The summed E-state index contributed by atoms with van der Waals surface area (Å²) in [7, 11) is 0. The predicted octanol–water partition coefficient (Wildman–Crippen LogP) is 2.33. The zero-order valence-electron chi connectivity index (χ0n) is 10.2. The highest BCUT2D eigenvalue weighted by molar-refractivity contribution is 7.99. The molecule has 1 aromatic rings. The monoisotopic (exact) mass is 263 g/mol. The van der Waals surface area contributed by atoms with Gasteiger partial charge >= 0.3 is 5.97 Å². The molecule has 0 saturated carbocycles. The Morgan fingerprint density at radius 3 is 3.06 bits per heavy atom. The van der Waals surface area contributed by atoms with Gasteiger partial charge in [0, 0.05) is 17.2 Å². The summed E-state index contributed by atoms with van der Waals surface area (Å²) >= 11 is 1.86. The molecule has 2 atom stereocenters. The Bertz CT molecular complexity index is 469. The van der Waals surface area contributed by atoms with Gasteiger partial charge in [0.1, 0.15) is 0 Å². The predicted molar refractivity (Wildman–Crippen MR) is 72.1 cm³/mol. The van der Waals surface area contributed by atoms with Gasteiger partial charge in [-0.1, -0.05) is 18.2 Å². The van der Waals surface area contributed by atoms with Crippen molar-refractivity contribution in [2.45, 2.75) is 23.7 Å². The molecule has 0 radical (unpaired) electrons. The van der Waals surface area contributed by atoms with Crippen molar-refractivity contribution < 1.29 is 9.90 Å². The zero-order valence-corrected chi connectivity index (χ0v) is 11.0. The molecule has 2 aliphatic heterocycles. The summed E-state index contributed by atoms with van der Waals surface area (Å²) in [6.45, 7) is 1.44. The summed E-state index contributed by atoms with van der Waals surface area (Å²) in [6, 6.07) is 8.40. The van der Waals surface area contributed by atoms with Crippen LogP contribution in [0.1, 0.15) is 24.3 Å². The molecule has 2 aliphatic rings. The Balaban J connectivity index is 1.83. The van der Waals surface area contributed by atoms with Crippen molar-refractivity contribution in [3.05, 3.63) is 29.8 Å². The lowest BCUT2D eigenvalue weighted by atomic mass is 9.77. The van der Waals surface area contributed by atoms with E-state index in [9.17, 15) is 9.90 Å². The van der Waals surface area contributed by atoms with E-state index >= 15 is 0 Å². The Morgan fingerprint density at radius 1 is 1.50 bits per heavy atom. The number of carboxylic acid groups (broad SMARTS) is 1. The van der Waals surface area contributed by atoms with Crippen LogP contribution in [-0.2, 0) is 4.79 Å². The minimum atomic E-state index is -0.637. The van der Waals surface area contributed by atoms with E-state index in [1.807, 2.05) is 11.8 Å². The summed E-state index contributed by atoms with van der Waals surface area (Å²) < 4.78 is 0. The molecule has 0 aliphatic carbocycles. The lowest BCUT2D eigenvalue weighted by Gasteiger charge is -2.26. The number of carbonyl (C=O) groups is 1. The first-order chi connectivity index (χ1) is 8.71. The van der Waals surface area contributed by atoms with Gasteiger partial charge in [-0.15, -0.1) is 11.8 Å². The van der Waals surface area contributed by atoms with Crippen LogP contribution in [0.5, 0.6) is 0 Å². The second kappa shape index (κ2) is 4.59. The summed E-state index contributed by atoms with van der Waals surface area (Å²) in [6.07, 6.45) is 1.52. The van der Waals surface area contributed by atoms with Gasteiger partial charge < -0.3 is 10.4 Å². The van der Waals surface area contributed by atoms with E-state index in [1.54, 1.807) is 0 Å². The van der Waals surface area contributed by atoms with Crippen LogP contribution in [0.4, 0.5) is 0 Å². The molecule has 4 heteroatoms. The quantitative estimate of drug-likeness (QED) is 0.879. The minimum Gasteiger partial charge on any atom is -0.481 e. The van der Waals surface area contributed by atoms with E-state index < -0.39 is 11.4 Å². The molecule has 3 nitrogen and oxygen atoms in total. The van der Waals surface area contributed by atoms with Gasteiger partial charge in [0.15, 0.2) is 0 Å². The van der Waals surface area contributed by atoms with Crippen molar-refractivity contribution in [2.75, 3.05) is 18.8 Å². The van der Waals surface area contributed by atoms with Crippen molar-refractivity contribution >= 4 is 17.7 Å². The average Bonchev–Trinajstić information content (AvgIpc) is 2.99.